The van der Waals surface area contributed by atoms with Gasteiger partial charge in [-0.15, -0.1) is 23.7 Å². The van der Waals surface area contributed by atoms with Crippen LogP contribution in [0, 0.1) is 12.8 Å². The first kappa shape index (κ1) is 18.9. The Labute approximate surface area is 153 Å². The molecule has 24 heavy (non-hydrogen) atoms. The van der Waals surface area contributed by atoms with Gasteiger partial charge in [-0.25, -0.2) is 4.98 Å². The van der Waals surface area contributed by atoms with E-state index in [1.165, 1.54) is 12.0 Å². The summed E-state index contributed by atoms with van der Waals surface area (Å²) in [4.78, 5) is 16.7. The minimum Gasteiger partial charge on any atom is -0.352 e. The van der Waals surface area contributed by atoms with Crippen LogP contribution in [0.15, 0.2) is 29.6 Å². The predicted octanol–water partition coefficient (Wildman–Crippen LogP) is 3.00. The molecule has 2 heterocycles. The van der Waals surface area contributed by atoms with Crippen molar-refractivity contribution in [2.24, 2.45) is 5.92 Å². The van der Waals surface area contributed by atoms with E-state index in [2.05, 4.69) is 21.7 Å². The zero-order valence-corrected chi connectivity index (χ0v) is 15.5. The summed E-state index contributed by atoms with van der Waals surface area (Å²) < 4.78 is 0. The van der Waals surface area contributed by atoms with Crippen molar-refractivity contribution in [1.29, 1.82) is 0 Å². The quantitative estimate of drug-likeness (QED) is 0.827. The first-order valence-electron chi connectivity index (χ1n) is 8.19. The van der Waals surface area contributed by atoms with Crippen molar-refractivity contribution in [3.63, 3.8) is 0 Å². The molecule has 130 valence electrons. The Balaban J connectivity index is 0.00000208. The molecule has 0 bridgehead atoms. The number of thiazole rings is 1. The average molecular weight is 366 g/mol. The first-order valence-corrected chi connectivity index (χ1v) is 9.07. The third kappa shape index (κ3) is 5.30. The van der Waals surface area contributed by atoms with Crippen LogP contribution < -0.4 is 10.6 Å². The summed E-state index contributed by atoms with van der Waals surface area (Å²) in [5.41, 5.74) is 3.05. The fourth-order valence-electron chi connectivity index (χ4n) is 2.96. The van der Waals surface area contributed by atoms with Crippen LogP contribution in [-0.4, -0.2) is 30.5 Å². The molecule has 1 aliphatic rings. The topological polar surface area (TPSA) is 54.0 Å². The van der Waals surface area contributed by atoms with Crippen molar-refractivity contribution >= 4 is 29.7 Å². The predicted molar refractivity (Wildman–Crippen MR) is 101 cm³/mol. The molecule has 2 aromatic rings. The highest BCUT2D eigenvalue weighted by Gasteiger charge is 2.15. The van der Waals surface area contributed by atoms with E-state index >= 15 is 0 Å². The van der Waals surface area contributed by atoms with Crippen molar-refractivity contribution in [3.05, 3.63) is 51.5 Å². The average Bonchev–Trinajstić information content (AvgIpc) is 3.19. The molecule has 1 atom stereocenters. The van der Waals surface area contributed by atoms with E-state index in [1.807, 2.05) is 30.5 Å². The van der Waals surface area contributed by atoms with Gasteiger partial charge in [-0.3, -0.25) is 4.79 Å². The van der Waals surface area contributed by atoms with E-state index in [4.69, 9.17) is 0 Å². The lowest BCUT2D eigenvalue weighted by Gasteiger charge is -2.10. The number of aromatic nitrogens is 1. The molecule has 2 N–H and O–H groups in total. The van der Waals surface area contributed by atoms with Gasteiger partial charge in [-0.1, -0.05) is 12.1 Å². The SMILES string of the molecule is Cc1csc(CCNC(=O)c2cccc(CC3CCNC3)c2)n1.Cl. The van der Waals surface area contributed by atoms with E-state index in [0.29, 0.717) is 12.5 Å². The van der Waals surface area contributed by atoms with Gasteiger partial charge in [0.2, 0.25) is 0 Å². The molecule has 1 aliphatic heterocycles. The van der Waals surface area contributed by atoms with E-state index in [9.17, 15) is 4.79 Å². The van der Waals surface area contributed by atoms with Crippen molar-refractivity contribution in [3.8, 4) is 0 Å². The zero-order chi connectivity index (χ0) is 16.1. The van der Waals surface area contributed by atoms with Crippen molar-refractivity contribution in [2.75, 3.05) is 19.6 Å². The van der Waals surface area contributed by atoms with Crippen LogP contribution >= 0.6 is 23.7 Å². The van der Waals surface area contributed by atoms with Gasteiger partial charge in [0, 0.05) is 29.6 Å². The maximum atomic E-state index is 12.3. The molecule has 3 rings (SSSR count). The molecule has 0 radical (unpaired) electrons. The number of hydrogen-bond acceptors (Lipinski definition) is 4. The molecule has 0 aliphatic carbocycles. The van der Waals surface area contributed by atoms with Crippen molar-refractivity contribution in [2.45, 2.75) is 26.2 Å². The smallest absolute Gasteiger partial charge is 0.251 e. The molecule has 1 unspecified atom stereocenters. The molecule has 1 aromatic heterocycles. The number of benzene rings is 1. The number of nitrogens with zero attached hydrogens (tertiary/aromatic N) is 1. The summed E-state index contributed by atoms with van der Waals surface area (Å²) in [6.45, 7) is 4.82. The number of carbonyl (C=O) groups excluding carboxylic acids is 1. The van der Waals surface area contributed by atoms with Gasteiger partial charge in [0.1, 0.15) is 0 Å². The number of aryl methyl sites for hydroxylation is 1. The van der Waals surface area contributed by atoms with Crippen LogP contribution in [0.5, 0.6) is 0 Å². The summed E-state index contributed by atoms with van der Waals surface area (Å²) in [6, 6.07) is 8.02. The Morgan fingerprint density at radius 3 is 3.04 bits per heavy atom. The maximum Gasteiger partial charge on any atom is 0.251 e. The Morgan fingerprint density at radius 1 is 1.46 bits per heavy atom. The Kier molecular flexibility index (Phi) is 7.21. The van der Waals surface area contributed by atoms with Gasteiger partial charge in [-0.2, -0.15) is 0 Å². The number of halogens is 1. The number of amides is 1. The molecule has 1 aromatic carbocycles. The molecule has 0 saturated carbocycles. The highest BCUT2D eigenvalue weighted by Crippen LogP contribution is 2.16. The number of hydrogen-bond donors (Lipinski definition) is 2. The summed E-state index contributed by atoms with van der Waals surface area (Å²) in [6.07, 6.45) is 3.06. The second-order valence-corrected chi connectivity index (χ2v) is 7.09. The molecule has 6 heteroatoms. The van der Waals surface area contributed by atoms with Gasteiger partial charge >= 0.3 is 0 Å². The maximum absolute atomic E-state index is 12.3. The van der Waals surface area contributed by atoms with Gasteiger partial charge in [-0.05, 0) is 56.5 Å². The Bertz CT molecular complexity index is 668. The van der Waals surface area contributed by atoms with Crippen LogP contribution in [-0.2, 0) is 12.8 Å². The van der Waals surface area contributed by atoms with Crippen LogP contribution in [0.1, 0.15) is 33.0 Å². The number of nitrogens with one attached hydrogen (secondary N) is 2. The third-order valence-corrected chi connectivity index (χ3v) is 5.19. The van der Waals surface area contributed by atoms with E-state index < -0.39 is 0 Å². The first-order chi connectivity index (χ1) is 11.2. The van der Waals surface area contributed by atoms with Crippen LogP contribution in [0.2, 0.25) is 0 Å². The van der Waals surface area contributed by atoms with Crippen molar-refractivity contribution < 1.29 is 4.79 Å². The highest BCUT2D eigenvalue weighted by atomic mass is 35.5. The van der Waals surface area contributed by atoms with Crippen molar-refractivity contribution in [1.82, 2.24) is 15.6 Å². The van der Waals surface area contributed by atoms with Gasteiger partial charge < -0.3 is 10.6 Å². The molecule has 0 spiro atoms. The molecular weight excluding hydrogens is 342 g/mol. The van der Waals surface area contributed by atoms with E-state index in [0.717, 1.165) is 42.2 Å². The van der Waals surface area contributed by atoms with Gasteiger partial charge in [0.15, 0.2) is 0 Å². The Morgan fingerprint density at radius 2 is 2.33 bits per heavy atom. The lowest BCUT2D eigenvalue weighted by Crippen LogP contribution is -2.25. The third-order valence-electron chi connectivity index (χ3n) is 4.17. The molecule has 1 fully saturated rings. The molecule has 4 nitrogen and oxygen atoms in total. The summed E-state index contributed by atoms with van der Waals surface area (Å²) in [5.74, 6) is 0.700. The Hall–Kier alpha value is -1.43. The van der Waals surface area contributed by atoms with E-state index in [-0.39, 0.29) is 18.3 Å². The minimum atomic E-state index is 0. The number of carbonyl (C=O) groups is 1. The molecular formula is C18H24ClN3OS. The fourth-order valence-corrected chi connectivity index (χ4v) is 3.74. The highest BCUT2D eigenvalue weighted by molar-refractivity contribution is 7.09. The van der Waals surface area contributed by atoms with Gasteiger partial charge in [0.25, 0.3) is 5.91 Å². The summed E-state index contributed by atoms with van der Waals surface area (Å²) in [7, 11) is 0. The fraction of sp³-hybridized carbons (Fsp3) is 0.444. The standard InChI is InChI=1S/C18H23N3OS.ClH/c1-13-12-23-17(21-13)6-8-20-18(22)16-4-2-3-14(10-16)9-15-5-7-19-11-15;/h2-4,10,12,15,19H,5-9,11H2,1H3,(H,20,22);1H. The second kappa shape index (κ2) is 9.16. The van der Waals surface area contributed by atoms with Crippen LogP contribution in [0.25, 0.3) is 0 Å². The largest absolute Gasteiger partial charge is 0.352 e. The van der Waals surface area contributed by atoms with Crippen LogP contribution in [0.4, 0.5) is 0 Å². The zero-order valence-electron chi connectivity index (χ0n) is 13.9. The lowest BCUT2D eigenvalue weighted by molar-refractivity contribution is 0.0954. The lowest BCUT2D eigenvalue weighted by atomic mass is 9.97. The molecule has 1 amide bonds. The van der Waals surface area contributed by atoms with E-state index in [1.54, 1.807) is 11.3 Å². The van der Waals surface area contributed by atoms with Gasteiger partial charge in [0.05, 0.1) is 5.01 Å². The monoisotopic (exact) mass is 365 g/mol. The normalized spacial score (nSPS) is 16.6. The molecule has 1 saturated heterocycles. The summed E-state index contributed by atoms with van der Waals surface area (Å²) >= 11 is 1.65. The second-order valence-electron chi connectivity index (χ2n) is 6.15. The number of rotatable bonds is 6. The minimum absolute atomic E-state index is 0. The van der Waals surface area contributed by atoms with Crippen LogP contribution in [0.3, 0.4) is 0 Å². The summed E-state index contributed by atoms with van der Waals surface area (Å²) in [5, 5.41) is 9.50.